The summed E-state index contributed by atoms with van der Waals surface area (Å²) in [6.07, 6.45) is 1.54. The smallest absolute Gasteiger partial charge is 0.295 e. The molecule has 0 bridgehead atoms. The van der Waals surface area contributed by atoms with Crippen LogP contribution in [0.5, 0.6) is 11.5 Å². The number of rotatable bonds is 7. The van der Waals surface area contributed by atoms with Crippen LogP contribution in [0.2, 0.25) is 5.02 Å². The van der Waals surface area contributed by atoms with E-state index in [0.29, 0.717) is 29.8 Å². The first kappa shape index (κ1) is 23.7. The van der Waals surface area contributed by atoms with Gasteiger partial charge in [0.1, 0.15) is 17.3 Å². The topological polar surface area (TPSA) is 87.1 Å². The van der Waals surface area contributed by atoms with Crippen molar-refractivity contribution in [2.24, 2.45) is 0 Å². The Hall–Kier alpha value is -2.99. The second kappa shape index (κ2) is 9.65. The van der Waals surface area contributed by atoms with Gasteiger partial charge in [-0.3, -0.25) is 9.59 Å². The van der Waals surface area contributed by atoms with E-state index in [1.165, 1.54) is 17.0 Å². The number of carbonyl (C=O) groups excluding carboxylic acids is 2. The Morgan fingerprint density at radius 1 is 1.19 bits per heavy atom. The van der Waals surface area contributed by atoms with Crippen molar-refractivity contribution in [3.05, 3.63) is 63.7 Å². The number of likely N-dealkylation sites (tertiary alicyclic amines) is 1. The Morgan fingerprint density at radius 3 is 2.50 bits per heavy atom. The van der Waals surface area contributed by atoms with Crippen molar-refractivity contribution < 1.29 is 24.5 Å². The van der Waals surface area contributed by atoms with Crippen LogP contribution in [0, 0.1) is 0 Å². The number of carbonyl (C=O) groups is 2. The van der Waals surface area contributed by atoms with E-state index in [-0.39, 0.29) is 28.0 Å². The fourth-order valence-corrected chi connectivity index (χ4v) is 4.16. The van der Waals surface area contributed by atoms with Gasteiger partial charge >= 0.3 is 0 Å². The molecular formula is C25H28ClNO5. The molecule has 1 saturated heterocycles. The molecule has 1 atom stereocenters. The number of nitrogens with zero attached hydrogens (tertiary/aromatic N) is 1. The third-order valence-electron chi connectivity index (χ3n) is 5.71. The number of hydrogen-bond acceptors (Lipinski definition) is 5. The maximum Gasteiger partial charge on any atom is 0.295 e. The number of phenolic OH excluding ortho intramolecular Hbond substituents is 1. The Balaban J connectivity index is 2.21. The van der Waals surface area contributed by atoms with Crippen LogP contribution in [-0.4, -0.2) is 40.5 Å². The van der Waals surface area contributed by atoms with Gasteiger partial charge in [-0.2, -0.15) is 0 Å². The van der Waals surface area contributed by atoms with E-state index < -0.39 is 17.7 Å². The lowest BCUT2D eigenvalue weighted by Gasteiger charge is -2.25. The average Bonchev–Trinajstić information content (AvgIpc) is 3.03. The molecule has 3 rings (SSSR count). The molecule has 2 aromatic rings. The minimum atomic E-state index is -0.802. The summed E-state index contributed by atoms with van der Waals surface area (Å²) in [5.41, 5.74) is 1.86. The molecule has 6 nitrogen and oxygen atoms in total. The second-order valence-corrected chi connectivity index (χ2v) is 8.58. The molecule has 1 aliphatic heterocycles. The molecule has 1 aliphatic rings. The Morgan fingerprint density at radius 2 is 1.91 bits per heavy atom. The highest BCUT2D eigenvalue weighted by Crippen LogP contribution is 2.42. The van der Waals surface area contributed by atoms with E-state index >= 15 is 0 Å². The molecule has 0 spiro atoms. The number of phenols is 1. The maximum atomic E-state index is 13.1. The van der Waals surface area contributed by atoms with Gasteiger partial charge in [-0.25, -0.2) is 0 Å². The number of Topliss-reactive ketones (excluding diaryl/α,β-unsaturated/α-hetero) is 1. The number of methoxy groups -OCH3 is 1. The summed E-state index contributed by atoms with van der Waals surface area (Å²) in [5, 5.41) is 21.2. The highest BCUT2D eigenvalue weighted by molar-refractivity contribution is 6.46. The van der Waals surface area contributed by atoms with E-state index in [4.69, 9.17) is 16.3 Å². The molecule has 0 saturated carbocycles. The molecule has 32 heavy (non-hydrogen) atoms. The molecule has 1 fully saturated rings. The zero-order valence-electron chi connectivity index (χ0n) is 18.7. The molecule has 1 heterocycles. The van der Waals surface area contributed by atoms with Crippen LogP contribution in [0.1, 0.15) is 62.3 Å². The van der Waals surface area contributed by atoms with Crippen molar-refractivity contribution in [2.75, 3.05) is 13.7 Å². The maximum absolute atomic E-state index is 13.1. The summed E-state index contributed by atoms with van der Waals surface area (Å²) in [4.78, 5) is 27.4. The van der Waals surface area contributed by atoms with Gasteiger partial charge in [0.2, 0.25) is 0 Å². The predicted molar refractivity (Wildman–Crippen MR) is 124 cm³/mol. The van der Waals surface area contributed by atoms with Gasteiger partial charge in [0.25, 0.3) is 11.7 Å². The zero-order chi connectivity index (χ0) is 23.6. The molecular weight excluding hydrogens is 430 g/mol. The van der Waals surface area contributed by atoms with Gasteiger partial charge in [0, 0.05) is 12.1 Å². The van der Waals surface area contributed by atoms with Gasteiger partial charge in [-0.05, 0) is 53.8 Å². The molecule has 0 aliphatic carbocycles. The van der Waals surface area contributed by atoms with Crippen molar-refractivity contribution in [1.29, 1.82) is 0 Å². The Bertz CT molecular complexity index is 1080. The summed E-state index contributed by atoms with van der Waals surface area (Å²) in [6, 6.07) is 8.93. The van der Waals surface area contributed by atoms with E-state index in [1.54, 1.807) is 31.4 Å². The monoisotopic (exact) mass is 457 g/mol. The van der Waals surface area contributed by atoms with Gasteiger partial charge in [-0.15, -0.1) is 0 Å². The molecule has 170 valence electrons. The van der Waals surface area contributed by atoms with Crippen molar-refractivity contribution in [3.63, 3.8) is 0 Å². The van der Waals surface area contributed by atoms with Crippen LogP contribution in [-0.2, 0) is 9.59 Å². The number of ether oxygens (including phenoxy) is 1. The third-order valence-corrected chi connectivity index (χ3v) is 6.01. The van der Waals surface area contributed by atoms with Gasteiger partial charge in [0.15, 0.2) is 0 Å². The number of halogens is 1. The molecule has 1 unspecified atom stereocenters. The summed E-state index contributed by atoms with van der Waals surface area (Å²) in [6.45, 7) is 6.36. The standard InChI is InChI=1S/C25H28ClNO5/c1-5-6-11-27-22(15-7-9-19(28)18(26)13-15)21(24(30)25(27)31)23(29)16-8-10-20(32-4)17(12-16)14(2)3/h7-10,12-14,22,28-29H,5-6,11H2,1-4H3/b23-21-. The molecule has 2 aromatic carbocycles. The summed E-state index contributed by atoms with van der Waals surface area (Å²) < 4.78 is 5.42. The number of aliphatic hydroxyl groups is 1. The molecule has 0 aromatic heterocycles. The van der Waals surface area contributed by atoms with Crippen molar-refractivity contribution in [1.82, 2.24) is 4.90 Å². The highest BCUT2D eigenvalue weighted by Gasteiger charge is 2.45. The van der Waals surface area contributed by atoms with Crippen molar-refractivity contribution >= 4 is 29.1 Å². The van der Waals surface area contributed by atoms with Crippen LogP contribution in [0.15, 0.2) is 42.0 Å². The lowest BCUT2D eigenvalue weighted by molar-refractivity contribution is -0.139. The number of ketones is 1. The molecule has 7 heteroatoms. The minimum Gasteiger partial charge on any atom is -0.507 e. The zero-order valence-corrected chi connectivity index (χ0v) is 19.4. The molecule has 2 N–H and O–H groups in total. The first-order valence-electron chi connectivity index (χ1n) is 10.7. The lowest BCUT2D eigenvalue weighted by atomic mass is 9.93. The fourth-order valence-electron chi connectivity index (χ4n) is 3.97. The number of benzene rings is 2. The summed E-state index contributed by atoms with van der Waals surface area (Å²) >= 11 is 6.12. The third kappa shape index (κ3) is 4.32. The van der Waals surface area contributed by atoms with Gasteiger partial charge in [0.05, 0.1) is 23.7 Å². The van der Waals surface area contributed by atoms with E-state index in [2.05, 4.69) is 0 Å². The SMILES string of the molecule is CCCCN1C(=O)C(=O)/C(=C(\O)c2ccc(OC)c(C(C)C)c2)C1c1ccc(O)c(Cl)c1. The van der Waals surface area contributed by atoms with Crippen LogP contribution >= 0.6 is 11.6 Å². The Kier molecular flexibility index (Phi) is 7.14. The first-order valence-corrected chi connectivity index (χ1v) is 11.0. The minimum absolute atomic E-state index is 0.00716. The van der Waals surface area contributed by atoms with Crippen LogP contribution in [0.4, 0.5) is 0 Å². The van der Waals surface area contributed by atoms with E-state index in [1.807, 2.05) is 20.8 Å². The number of hydrogen-bond donors (Lipinski definition) is 2. The highest BCUT2D eigenvalue weighted by atomic mass is 35.5. The van der Waals surface area contributed by atoms with Crippen LogP contribution in [0.3, 0.4) is 0 Å². The van der Waals surface area contributed by atoms with E-state index in [9.17, 15) is 19.8 Å². The fraction of sp³-hybridized carbons (Fsp3) is 0.360. The summed E-state index contributed by atoms with van der Waals surface area (Å²) in [5.74, 6) is -0.946. The Labute approximate surface area is 193 Å². The largest absolute Gasteiger partial charge is 0.507 e. The lowest BCUT2D eigenvalue weighted by Crippen LogP contribution is -2.30. The van der Waals surface area contributed by atoms with Gasteiger partial charge < -0.3 is 19.8 Å². The summed E-state index contributed by atoms with van der Waals surface area (Å²) in [7, 11) is 1.58. The molecule has 0 radical (unpaired) electrons. The quantitative estimate of drug-likeness (QED) is 0.330. The number of unbranched alkanes of at least 4 members (excludes halogenated alkanes) is 1. The molecule has 1 amide bonds. The number of aliphatic hydroxyl groups excluding tert-OH is 1. The number of amides is 1. The normalized spacial score (nSPS) is 17.9. The van der Waals surface area contributed by atoms with Crippen LogP contribution in [0.25, 0.3) is 5.76 Å². The predicted octanol–water partition coefficient (Wildman–Crippen LogP) is 5.40. The van der Waals surface area contributed by atoms with Crippen molar-refractivity contribution in [2.45, 2.75) is 45.6 Å². The van der Waals surface area contributed by atoms with E-state index in [0.717, 1.165) is 12.0 Å². The second-order valence-electron chi connectivity index (χ2n) is 8.17. The van der Waals surface area contributed by atoms with Crippen molar-refractivity contribution in [3.8, 4) is 11.5 Å². The average molecular weight is 458 g/mol. The van der Waals surface area contributed by atoms with Crippen LogP contribution < -0.4 is 4.74 Å². The number of aromatic hydroxyl groups is 1. The van der Waals surface area contributed by atoms with Gasteiger partial charge in [-0.1, -0.05) is 44.9 Å². The first-order chi connectivity index (χ1) is 15.2.